The Morgan fingerprint density at radius 3 is 0.930 bits per heavy atom. The molecule has 0 fully saturated rings. The molecule has 5 nitrogen and oxygen atoms in total. The lowest BCUT2D eigenvalue weighted by Crippen LogP contribution is -2.28. The molecule has 0 amide bonds. The molecule has 0 spiro atoms. The molecular formula is C66H116O5. The molecule has 0 rings (SSSR count). The van der Waals surface area contributed by atoms with Gasteiger partial charge >= 0.3 is 11.9 Å². The van der Waals surface area contributed by atoms with Gasteiger partial charge in [0.1, 0.15) is 6.61 Å². The van der Waals surface area contributed by atoms with Gasteiger partial charge < -0.3 is 14.6 Å². The van der Waals surface area contributed by atoms with Crippen molar-refractivity contribution >= 4 is 11.9 Å². The Hall–Kier alpha value is -2.92. The molecule has 1 N–H and O–H groups in total. The maximum Gasteiger partial charge on any atom is 0.306 e. The van der Waals surface area contributed by atoms with Crippen LogP contribution in [0.25, 0.3) is 0 Å². The number of aliphatic hydroxyl groups is 1. The molecule has 410 valence electrons. The molecule has 0 saturated heterocycles. The van der Waals surface area contributed by atoms with Gasteiger partial charge in [0.25, 0.3) is 0 Å². The van der Waals surface area contributed by atoms with E-state index in [1.807, 2.05) is 0 Å². The second kappa shape index (κ2) is 61.4. The Kier molecular flexibility index (Phi) is 58.9. The summed E-state index contributed by atoms with van der Waals surface area (Å²) in [4.78, 5) is 24.5. The van der Waals surface area contributed by atoms with E-state index in [4.69, 9.17) is 9.47 Å². The number of rotatable bonds is 56. The summed E-state index contributed by atoms with van der Waals surface area (Å²) in [6, 6.07) is 0. The van der Waals surface area contributed by atoms with Crippen molar-refractivity contribution in [2.75, 3.05) is 13.2 Å². The Morgan fingerprint density at radius 2 is 0.606 bits per heavy atom. The Labute approximate surface area is 441 Å². The quantitative estimate of drug-likeness (QED) is 0.0373. The smallest absolute Gasteiger partial charge is 0.306 e. The second-order valence-electron chi connectivity index (χ2n) is 20.4. The van der Waals surface area contributed by atoms with Crippen LogP contribution >= 0.6 is 0 Å². The molecule has 71 heavy (non-hydrogen) atoms. The van der Waals surface area contributed by atoms with Gasteiger partial charge in [0.15, 0.2) is 6.10 Å². The molecule has 0 aliphatic carbocycles. The minimum Gasteiger partial charge on any atom is -0.462 e. The second-order valence-corrected chi connectivity index (χ2v) is 20.4. The number of allylic oxidation sites excluding steroid dienone is 14. The number of hydrogen-bond donors (Lipinski definition) is 1. The topological polar surface area (TPSA) is 72.8 Å². The largest absolute Gasteiger partial charge is 0.462 e. The van der Waals surface area contributed by atoms with Crippen LogP contribution in [0, 0.1) is 0 Å². The van der Waals surface area contributed by atoms with E-state index in [1.165, 1.54) is 199 Å². The zero-order chi connectivity index (χ0) is 51.3. The van der Waals surface area contributed by atoms with Gasteiger partial charge in [-0.25, -0.2) is 0 Å². The van der Waals surface area contributed by atoms with Crippen LogP contribution in [0.15, 0.2) is 85.1 Å². The zero-order valence-electron chi connectivity index (χ0n) is 47.0. The van der Waals surface area contributed by atoms with E-state index in [0.717, 1.165) is 77.0 Å². The number of carbonyl (C=O) groups is 2. The van der Waals surface area contributed by atoms with E-state index >= 15 is 0 Å². The van der Waals surface area contributed by atoms with E-state index < -0.39 is 6.10 Å². The summed E-state index contributed by atoms with van der Waals surface area (Å²) in [7, 11) is 0. The van der Waals surface area contributed by atoms with Crippen molar-refractivity contribution in [1.82, 2.24) is 0 Å². The van der Waals surface area contributed by atoms with E-state index in [-0.39, 0.29) is 25.2 Å². The van der Waals surface area contributed by atoms with E-state index in [1.54, 1.807) is 0 Å². The SMILES string of the molecule is CC/C=C\C/C=C\C/C=C\C/C=C\C/C=C\C/C=C\CCCCCCCCCCCCCCCCCCCCCCC(=O)OC(CO)COC(=O)CCCCCCCCC/C=C\CCCCCCCCC. The standard InChI is InChI=1S/C66H116O5/c1-3-5-7-9-11-13-15-17-19-21-23-24-25-26-27-28-29-30-31-32-33-34-35-36-37-38-39-40-41-42-43-45-47-49-51-53-55-57-59-61-66(69)71-64(62-67)63-70-65(68)60-58-56-54-52-50-48-46-44-22-20-18-16-14-12-10-8-6-4-2/h5,7,11,13,17,19-20,22-24,26-27,29-30,64,67H,3-4,6,8-10,12,14-16,18,21,25,28,31-63H2,1-2H3/b7-5-,13-11-,19-17-,22-20-,24-23-,27-26-,30-29-. The number of aliphatic hydroxyl groups excluding tert-OH is 1. The lowest BCUT2D eigenvalue weighted by molar-refractivity contribution is -0.161. The molecule has 0 radical (unpaired) electrons. The summed E-state index contributed by atoms with van der Waals surface area (Å²) in [5, 5.41) is 9.66. The van der Waals surface area contributed by atoms with E-state index in [2.05, 4.69) is 98.9 Å². The van der Waals surface area contributed by atoms with Crippen molar-refractivity contribution < 1.29 is 24.2 Å². The first-order chi connectivity index (χ1) is 35.1. The minimum absolute atomic E-state index is 0.0664. The number of esters is 2. The van der Waals surface area contributed by atoms with Gasteiger partial charge in [-0.05, 0) is 89.9 Å². The lowest BCUT2D eigenvalue weighted by Gasteiger charge is -2.15. The number of carbonyl (C=O) groups excluding carboxylic acids is 2. The van der Waals surface area contributed by atoms with E-state index in [9.17, 15) is 14.7 Å². The Morgan fingerprint density at radius 1 is 0.338 bits per heavy atom. The highest BCUT2D eigenvalue weighted by molar-refractivity contribution is 5.70. The molecule has 5 heteroatoms. The molecule has 0 aromatic heterocycles. The fourth-order valence-corrected chi connectivity index (χ4v) is 8.85. The van der Waals surface area contributed by atoms with Crippen molar-refractivity contribution in [3.63, 3.8) is 0 Å². The molecule has 1 unspecified atom stereocenters. The maximum absolute atomic E-state index is 12.3. The summed E-state index contributed by atoms with van der Waals surface area (Å²) in [6.07, 6.45) is 85.8. The van der Waals surface area contributed by atoms with Crippen LogP contribution in [-0.2, 0) is 19.1 Å². The Bertz CT molecular complexity index is 1300. The van der Waals surface area contributed by atoms with Gasteiger partial charge in [-0.1, -0.05) is 285 Å². The van der Waals surface area contributed by atoms with Crippen LogP contribution in [0.4, 0.5) is 0 Å². The maximum atomic E-state index is 12.3. The van der Waals surface area contributed by atoms with Gasteiger partial charge in [0.05, 0.1) is 6.61 Å². The zero-order valence-corrected chi connectivity index (χ0v) is 47.0. The van der Waals surface area contributed by atoms with Gasteiger partial charge in [-0.3, -0.25) is 9.59 Å². The molecule has 0 aromatic rings. The van der Waals surface area contributed by atoms with Crippen LogP contribution in [0.3, 0.4) is 0 Å². The Balaban J connectivity index is 3.44. The predicted octanol–water partition coefficient (Wildman–Crippen LogP) is 20.9. The third-order valence-corrected chi connectivity index (χ3v) is 13.4. The summed E-state index contributed by atoms with van der Waals surface area (Å²) in [5.74, 6) is -0.584. The van der Waals surface area contributed by atoms with Crippen molar-refractivity contribution in [3.8, 4) is 0 Å². The van der Waals surface area contributed by atoms with Crippen molar-refractivity contribution in [2.45, 2.75) is 309 Å². The molecule has 0 heterocycles. The van der Waals surface area contributed by atoms with Gasteiger partial charge in [0, 0.05) is 12.8 Å². The molecule has 0 saturated carbocycles. The number of ether oxygens (including phenoxy) is 2. The van der Waals surface area contributed by atoms with Crippen molar-refractivity contribution in [2.24, 2.45) is 0 Å². The van der Waals surface area contributed by atoms with Gasteiger partial charge in [0.2, 0.25) is 0 Å². The molecule has 0 aromatic carbocycles. The fourth-order valence-electron chi connectivity index (χ4n) is 8.85. The van der Waals surface area contributed by atoms with Crippen LogP contribution in [0.1, 0.15) is 303 Å². The van der Waals surface area contributed by atoms with Crippen molar-refractivity contribution in [1.29, 1.82) is 0 Å². The van der Waals surface area contributed by atoms with Crippen LogP contribution in [0.2, 0.25) is 0 Å². The van der Waals surface area contributed by atoms with Crippen LogP contribution < -0.4 is 0 Å². The highest BCUT2D eigenvalue weighted by Crippen LogP contribution is 2.17. The monoisotopic (exact) mass is 989 g/mol. The average Bonchev–Trinajstić information content (AvgIpc) is 3.37. The fraction of sp³-hybridized carbons (Fsp3) is 0.758. The summed E-state index contributed by atoms with van der Waals surface area (Å²) >= 11 is 0. The third kappa shape index (κ3) is 59.5. The predicted molar refractivity (Wildman–Crippen MR) is 311 cm³/mol. The molecule has 0 aliphatic heterocycles. The summed E-state index contributed by atoms with van der Waals surface area (Å²) in [6.45, 7) is 4.05. The van der Waals surface area contributed by atoms with Gasteiger partial charge in [-0.2, -0.15) is 0 Å². The lowest BCUT2D eigenvalue weighted by atomic mass is 10.0. The van der Waals surface area contributed by atoms with E-state index in [0.29, 0.717) is 12.8 Å². The number of hydrogen-bond acceptors (Lipinski definition) is 5. The average molecular weight is 990 g/mol. The first kappa shape index (κ1) is 68.1. The van der Waals surface area contributed by atoms with Gasteiger partial charge in [-0.15, -0.1) is 0 Å². The first-order valence-corrected chi connectivity index (χ1v) is 30.6. The molecule has 1 atom stereocenters. The molecular weight excluding hydrogens is 873 g/mol. The van der Waals surface area contributed by atoms with Crippen LogP contribution in [-0.4, -0.2) is 36.4 Å². The molecule has 0 aliphatic rings. The van der Waals surface area contributed by atoms with Crippen LogP contribution in [0.5, 0.6) is 0 Å². The summed E-state index contributed by atoms with van der Waals surface area (Å²) in [5.41, 5.74) is 0. The molecule has 0 bridgehead atoms. The first-order valence-electron chi connectivity index (χ1n) is 30.6. The van der Waals surface area contributed by atoms with Crippen molar-refractivity contribution in [3.05, 3.63) is 85.1 Å². The highest BCUT2D eigenvalue weighted by Gasteiger charge is 2.16. The number of unbranched alkanes of at least 4 members (excludes halogenated alkanes) is 34. The third-order valence-electron chi connectivity index (χ3n) is 13.4. The highest BCUT2D eigenvalue weighted by atomic mass is 16.6. The minimum atomic E-state index is -0.775. The summed E-state index contributed by atoms with van der Waals surface area (Å²) < 4.78 is 10.7. The normalized spacial score (nSPS) is 12.8.